The monoisotopic (exact) mass is 504 g/mol. The highest BCUT2D eigenvalue weighted by atomic mass is 16.6. The maximum atomic E-state index is 14.2. The molecule has 1 N–H and O–H groups in total. The third kappa shape index (κ3) is 4.99. The largest absolute Gasteiger partial charge is 0.461 e. The highest BCUT2D eigenvalue weighted by Gasteiger charge is 2.79. The molecule has 0 saturated carbocycles. The Morgan fingerprint density at radius 1 is 1.17 bits per heavy atom. The lowest BCUT2D eigenvalue weighted by atomic mass is 9.65. The molecule has 8 nitrogen and oxygen atoms in total. The molecular weight excluding hydrogens is 460 g/mol. The Labute approximate surface area is 215 Å². The molecule has 3 heterocycles. The van der Waals surface area contributed by atoms with Crippen LogP contribution in [0.15, 0.2) is 25.3 Å². The number of rotatable bonds is 16. The predicted molar refractivity (Wildman–Crippen MR) is 137 cm³/mol. The standard InChI is InChI=1S/C28H44N2O6/c1-5-9-11-17-29(16-6-2)25(33)23-28-15-14-27(8-4,36-28)22(26(34)35-20-7-3)21(28)24(32)30(23)18-12-10-13-19-31/h6-7,21-23,31H,2-3,5,8-20H2,1,4H3/t21-,22-,23?,27+,28?/m0/s1. The molecule has 202 valence electrons. The number of aliphatic hydroxyl groups is 1. The minimum absolute atomic E-state index is 0.0703. The number of amides is 2. The molecule has 8 heteroatoms. The third-order valence-electron chi connectivity index (χ3n) is 8.26. The Kier molecular flexibility index (Phi) is 9.75. The molecule has 0 aromatic heterocycles. The normalized spacial score (nSPS) is 30.4. The van der Waals surface area contributed by atoms with Crippen LogP contribution in [0.1, 0.15) is 71.6 Å². The summed E-state index contributed by atoms with van der Waals surface area (Å²) in [6.45, 7) is 13.1. The van der Waals surface area contributed by atoms with Gasteiger partial charge >= 0.3 is 5.97 Å². The SMILES string of the molecule is C=CCOC(=O)[C@@H]1[C@H]2C(=O)N(CCCCCO)C(C(=O)N(CC=C)CCCCC)C23CC[C@@]1(CC)O3. The van der Waals surface area contributed by atoms with Crippen LogP contribution in [-0.4, -0.2) is 82.8 Å². The zero-order valence-corrected chi connectivity index (χ0v) is 22.1. The molecule has 3 aliphatic rings. The minimum atomic E-state index is -1.04. The number of aliphatic hydroxyl groups excluding tert-OH is 1. The number of carbonyl (C=O) groups is 3. The van der Waals surface area contributed by atoms with Crippen LogP contribution >= 0.6 is 0 Å². The number of ether oxygens (including phenoxy) is 2. The van der Waals surface area contributed by atoms with Crippen LogP contribution < -0.4 is 0 Å². The van der Waals surface area contributed by atoms with E-state index < -0.39 is 35.0 Å². The fraction of sp³-hybridized carbons (Fsp3) is 0.750. The summed E-state index contributed by atoms with van der Waals surface area (Å²) >= 11 is 0. The lowest BCUT2D eigenvalue weighted by molar-refractivity contribution is -0.161. The van der Waals surface area contributed by atoms with Crippen molar-refractivity contribution >= 4 is 17.8 Å². The van der Waals surface area contributed by atoms with E-state index >= 15 is 0 Å². The van der Waals surface area contributed by atoms with Crippen LogP contribution in [-0.2, 0) is 23.9 Å². The Hall–Kier alpha value is -2.19. The fourth-order valence-corrected chi connectivity index (χ4v) is 6.57. The van der Waals surface area contributed by atoms with E-state index in [2.05, 4.69) is 20.1 Å². The van der Waals surface area contributed by atoms with Crippen molar-refractivity contribution in [1.82, 2.24) is 9.80 Å². The first-order valence-electron chi connectivity index (χ1n) is 13.7. The van der Waals surface area contributed by atoms with Gasteiger partial charge in [0.25, 0.3) is 0 Å². The fourth-order valence-electron chi connectivity index (χ4n) is 6.57. The molecule has 2 amide bonds. The predicted octanol–water partition coefficient (Wildman–Crippen LogP) is 3.24. The molecule has 3 rings (SSSR count). The summed E-state index contributed by atoms with van der Waals surface area (Å²) in [5.74, 6) is -2.25. The Morgan fingerprint density at radius 3 is 2.58 bits per heavy atom. The van der Waals surface area contributed by atoms with Gasteiger partial charge in [0.05, 0.1) is 11.5 Å². The maximum Gasteiger partial charge on any atom is 0.313 e. The average Bonchev–Trinajstić information content (AvgIpc) is 3.48. The second-order valence-electron chi connectivity index (χ2n) is 10.3. The van der Waals surface area contributed by atoms with Crippen LogP contribution in [0.4, 0.5) is 0 Å². The molecular formula is C28H44N2O6. The zero-order chi connectivity index (χ0) is 26.3. The molecule has 3 fully saturated rings. The minimum Gasteiger partial charge on any atom is -0.461 e. The van der Waals surface area contributed by atoms with E-state index in [1.165, 1.54) is 6.08 Å². The Bertz CT molecular complexity index is 831. The number of hydrogen-bond acceptors (Lipinski definition) is 6. The van der Waals surface area contributed by atoms with Crippen molar-refractivity contribution in [3.8, 4) is 0 Å². The number of hydrogen-bond donors (Lipinski definition) is 1. The van der Waals surface area contributed by atoms with Gasteiger partial charge in [-0.25, -0.2) is 0 Å². The van der Waals surface area contributed by atoms with Gasteiger partial charge in [-0.3, -0.25) is 14.4 Å². The zero-order valence-electron chi connectivity index (χ0n) is 22.1. The smallest absolute Gasteiger partial charge is 0.313 e. The molecule has 0 radical (unpaired) electrons. The highest BCUT2D eigenvalue weighted by molar-refractivity contribution is 5.98. The van der Waals surface area contributed by atoms with Gasteiger partial charge in [0.15, 0.2) is 0 Å². The summed E-state index contributed by atoms with van der Waals surface area (Å²) in [6, 6.07) is -0.781. The van der Waals surface area contributed by atoms with Crippen molar-refractivity contribution in [2.45, 2.75) is 88.9 Å². The van der Waals surface area contributed by atoms with Gasteiger partial charge in [0.2, 0.25) is 11.8 Å². The second kappa shape index (κ2) is 12.4. The molecule has 0 aromatic carbocycles. The molecule has 2 bridgehead atoms. The van der Waals surface area contributed by atoms with Crippen molar-refractivity contribution in [3.63, 3.8) is 0 Å². The molecule has 0 aliphatic carbocycles. The van der Waals surface area contributed by atoms with Crippen LogP contribution in [0.3, 0.4) is 0 Å². The molecule has 36 heavy (non-hydrogen) atoms. The van der Waals surface area contributed by atoms with Crippen molar-refractivity contribution in [2.75, 3.05) is 32.8 Å². The van der Waals surface area contributed by atoms with Crippen molar-refractivity contribution in [2.24, 2.45) is 11.8 Å². The van der Waals surface area contributed by atoms with E-state index in [1.807, 2.05) is 6.92 Å². The number of carbonyl (C=O) groups excluding carboxylic acids is 3. The van der Waals surface area contributed by atoms with E-state index in [0.29, 0.717) is 51.7 Å². The van der Waals surface area contributed by atoms with Crippen molar-refractivity contribution in [1.29, 1.82) is 0 Å². The van der Waals surface area contributed by atoms with E-state index in [1.54, 1.807) is 15.9 Å². The van der Waals surface area contributed by atoms with Gasteiger partial charge in [-0.15, -0.1) is 6.58 Å². The van der Waals surface area contributed by atoms with E-state index in [0.717, 1.165) is 25.7 Å². The first-order chi connectivity index (χ1) is 17.4. The van der Waals surface area contributed by atoms with E-state index in [-0.39, 0.29) is 25.0 Å². The lowest BCUT2D eigenvalue weighted by Gasteiger charge is -2.37. The number of fused-ring (bicyclic) bond motifs is 1. The van der Waals surface area contributed by atoms with Crippen LogP contribution in [0.2, 0.25) is 0 Å². The quantitative estimate of drug-likeness (QED) is 0.197. The number of unbranched alkanes of at least 4 members (excludes halogenated alkanes) is 4. The number of esters is 1. The molecule has 0 aromatic rings. The summed E-state index contributed by atoms with van der Waals surface area (Å²) in [5, 5.41) is 9.19. The van der Waals surface area contributed by atoms with Gasteiger partial charge in [0, 0.05) is 26.2 Å². The van der Waals surface area contributed by atoms with Gasteiger partial charge < -0.3 is 24.4 Å². The highest BCUT2D eigenvalue weighted by Crippen LogP contribution is 2.64. The van der Waals surface area contributed by atoms with Gasteiger partial charge in [0.1, 0.15) is 24.2 Å². The first kappa shape index (κ1) is 28.4. The molecule has 3 aliphatic heterocycles. The van der Waals surface area contributed by atoms with Crippen molar-refractivity contribution in [3.05, 3.63) is 25.3 Å². The van der Waals surface area contributed by atoms with Gasteiger partial charge in [-0.05, 0) is 44.9 Å². The third-order valence-corrected chi connectivity index (χ3v) is 8.26. The second-order valence-corrected chi connectivity index (χ2v) is 10.3. The van der Waals surface area contributed by atoms with E-state index in [9.17, 15) is 19.5 Å². The summed E-state index contributed by atoms with van der Waals surface area (Å²) in [7, 11) is 0. The van der Waals surface area contributed by atoms with Crippen LogP contribution in [0.25, 0.3) is 0 Å². The van der Waals surface area contributed by atoms with E-state index in [4.69, 9.17) is 9.47 Å². The van der Waals surface area contributed by atoms with Gasteiger partial charge in [-0.1, -0.05) is 45.4 Å². The van der Waals surface area contributed by atoms with Crippen LogP contribution in [0.5, 0.6) is 0 Å². The maximum absolute atomic E-state index is 14.2. The number of nitrogens with zero attached hydrogens (tertiary/aromatic N) is 2. The number of likely N-dealkylation sites (tertiary alicyclic amines) is 1. The van der Waals surface area contributed by atoms with Crippen molar-refractivity contribution < 1.29 is 29.0 Å². The molecule has 3 saturated heterocycles. The van der Waals surface area contributed by atoms with Gasteiger partial charge in [-0.2, -0.15) is 0 Å². The van der Waals surface area contributed by atoms with Crippen LogP contribution in [0, 0.1) is 11.8 Å². The first-order valence-corrected chi connectivity index (χ1v) is 13.7. The molecule has 1 spiro atoms. The summed E-state index contributed by atoms with van der Waals surface area (Å²) in [4.78, 5) is 44.9. The summed E-state index contributed by atoms with van der Waals surface area (Å²) < 4.78 is 12.2. The molecule has 5 atom stereocenters. The Morgan fingerprint density at radius 2 is 1.94 bits per heavy atom. The summed E-state index contributed by atoms with van der Waals surface area (Å²) in [5.41, 5.74) is -1.84. The average molecular weight is 505 g/mol. The Balaban J connectivity index is 1.99. The summed E-state index contributed by atoms with van der Waals surface area (Å²) in [6.07, 6.45) is 9.95. The lowest BCUT2D eigenvalue weighted by Crippen LogP contribution is -2.56. The molecule has 2 unspecified atom stereocenters. The topological polar surface area (TPSA) is 96.4 Å².